The summed E-state index contributed by atoms with van der Waals surface area (Å²) in [6.07, 6.45) is 11.5. The lowest BCUT2D eigenvalue weighted by atomic mass is 10.2. The Morgan fingerprint density at radius 1 is 0.706 bits per heavy atom. The van der Waals surface area contributed by atoms with Crippen LogP contribution in [0.15, 0.2) is 0 Å². The highest BCUT2D eigenvalue weighted by atomic mass is 14.8. The summed E-state index contributed by atoms with van der Waals surface area (Å²) in [7, 11) is 0. The van der Waals surface area contributed by atoms with Gasteiger partial charge in [0.05, 0.1) is 0 Å². The maximum Gasteiger partial charge on any atom is -0.00490 e. The van der Waals surface area contributed by atoms with Gasteiger partial charge < -0.3 is 5.32 Å². The monoisotopic (exact) mass is 245 g/mol. The topological polar surface area (TPSA) is 12.0 Å². The van der Waals surface area contributed by atoms with E-state index in [0.29, 0.717) is 0 Å². The van der Waals surface area contributed by atoms with E-state index >= 15 is 0 Å². The fourth-order valence-electron chi connectivity index (χ4n) is 1.56. The predicted molar refractivity (Wildman–Crippen MR) is 83.8 cm³/mol. The van der Waals surface area contributed by atoms with Crippen molar-refractivity contribution in [1.29, 1.82) is 0 Å². The molecule has 0 aromatic rings. The molecular formula is C16H39N. The number of unbranched alkanes of at least 4 members (excludes halogenated alkanes) is 2. The first-order valence-corrected chi connectivity index (χ1v) is 8.12. The summed E-state index contributed by atoms with van der Waals surface area (Å²) in [6.45, 7) is 14.7. The van der Waals surface area contributed by atoms with E-state index in [4.69, 9.17) is 0 Å². The van der Waals surface area contributed by atoms with Crippen LogP contribution in [0.3, 0.4) is 0 Å². The van der Waals surface area contributed by atoms with Crippen LogP contribution in [-0.4, -0.2) is 13.1 Å². The summed E-state index contributed by atoms with van der Waals surface area (Å²) in [5.74, 6) is 0. The van der Waals surface area contributed by atoms with Crippen molar-refractivity contribution in [2.24, 2.45) is 0 Å². The number of hydrogen-bond donors (Lipinski definition) is 1. The highest BCUT2D eigenvalue weighted by Crippen LogP contribution is 2.15. The standard InChI is InChI=1S/C7H17N.C5H10.2C2H6/c1-3-5-6-7-8-4-2;1-2-4-5-3-1;2*1-2/h8H,3-7H2,1-2H3;1-5H2;2*1-2H3. The molecule has 0 unspecified atom stereocenters. The van der Waals surface area contributed by atoms with Crippen LogP contribution in [0, 0.1) is 0 Å². The van der Waals surface area contributed by atoms with Crippen LogP contribution in [0.1, 0.15) is 92.9 Å². The molecule has 1 aliphatic rings. The molecule has 1 nitrogen and oxygen atoms in total. The van der Waals surface area contributed by atoms with E-state index < -0.39 is 0 Å². The predicted octanol–water partition coefficient (Wildman–Crippen LogP) is 5.79. The molecule has 0 spiro atoms. The SMILES string of the molecule is C1CCCC1.CC.CC.CCCCCNCC. The number of nitrogens with one attached hydrogen (secondary N) is 1. The molecule has 0 bridgehead atoms. The molecule has 1 heteroatoms. The van der Waals surface area contributed by atoms with Gasteiger partial charge in [-0.3, -0.25) is 0 Å². The van der Waals surface area contributed by atoms with E-state index in [1.165, 1.54) is 57.9 Å². The molecule has 17 heavy (non-hydrogen) atoms. The van der Waals surface area contributed by atoms with Crippen LogP contribution >= 0.6 is 0 Å². The van der Waals surface area contributed by atoms with Gasteiger partial charge in [0.1, 0.15) is 0 Å². The molecule has 0 saturated heterocycles. The summed E-state index contributed by atoms with van der Waals surface area (Å²) < 4.78 is 0. The molecule has 1 saturated carbocycles. The largest absolute Gasteiger partial charge is 0.317 e. The highest BCUT2D eigenvalue weighted by Gasteiger charge is 1.95. The van der Waals surface area contributed by atoms with Crippen molar-refractivity contribution < 1.29 is 0 Å². The van der Waals surface area contributed by atoms with E-state index in [2.05, 4.69) is 19.2 Å². The molecule has 1 rings (SSSR count). The molecule has 0 amide bonds. The van der Waals surface area contributed by atoms with Crippen LogP contribution in [-0.2, 0) is 0 Å². The van der Waals surface area contributed by atoms with Crippen molar-refractivity contribution in [2.75, 3.05) is 13.1 Å². The lowest BCUT2D eigenvalue weighted by Crippen LogP contribution is -2.13. The first-order valence-electron chi connectivity index (χ1n) is 8.12. The maximum atomic E-state index is 3.28. The van der Waals surface area contributed by atoms with Crippen LogP contribution in [0.25, 0.3) is 0 Å². The van der Waals surface area contributed by atoms with Gasteiger partial charge in [0.15, 0.2) is 0 Å². The minimum Gasteiger partial charge on any atom is -0.317 e. The minimum absolute atomic E-state index is 1.11. The van der Waals surface area contributed by atoms with Crippen molar-refractivity contribution >= 4 is 0 Å². The Morgan fingerprint density at radius 3 is 1.41 bits per heavy atom. The molecular weight excluding hydrogens is 206 g/mol. The summed E-state index contributed by atoms with van der Waals surface area (Å²) in [5, 5.41) is 3.28. The molecule has 0 atom stereocenters. The van der Waals surface area contributed by atoms with Gasteiger partial charge in [0.2, 0.25) is 0 Å². The third kappa shape index (κ3) is 31.4. The zero-order valence-electron chi connectivity index (χ0n) is 13.6. The second-order valence-electron chi connectivity index (χ2n) is 3.83. The van der Waals surface area contributed by atoms with E-state index in [0.717, 1.165) is 6.54 Å². The summed E-state index contributed by atoms with van der Waals surface area (Å²) >= 11 is 0. The molecule has 0 aliphatic heterocycles. The van der Waals surface area contributed by atoms with E-state index in [-0.39, 0.29) is 0 Å². The molecule has 108 valence electrons. The Labute approximate surface area is 112 Å². The zero-order valence-corrected chi connectivity index (χ0v) is 13.6. The van der Waals surface area contributed by atoms with Gasteiger partial charge in [-0.25, -0.2) is 0 Å². The minimum atomic E-state index is 1.11. The number of hydrogen-bond acceptors (Lipinski definition) is 1. The molecule has 0 heterocycles. The molecule has 0 radical (unpaired) electrons. The molecule has 0 aromatic heterocycles. The molecule has 1 fully saturated rings. The van der Waals surface area contributed by atoms with Gasteiger partial charge in [-0.1, -0.05) is 86.5 Å². The van der Waals surface area contributed by atoms with Crippen molar-refractivity contribution in [3.8, 4) is 0 Å². The third-order valence-corrected chi connectivity index (χ3v) is 2.46. The van der Waals surface area contributed by atoms with Crippen LogP contribution < -0.4 is 5.32 Å². The van der Waals surface area contributed by atoms with Crippen molar-refractivity contribution in [1.82, 2.24) is 5.32 Å². The van der Waals surface area contributed by atoms with Crippen LogP contribution in [0.2, 0.25) is 0 Å². The van der Waals surface area contributed by atoms with Crippen molar-refractivity contribution in [2.45, 2.75) is 92.9 Å². The normalized spacial score (nSPS) is 12.4. The van der Waals surface area contributed by atoms with Gasteiger partial charge in [0.25, 0.3) is 0 Å². The van der Waals surface area contributed by atoms with E-state index in [9.17, 15) is 0 Å². The summed E-state index contributed by atoms with van der Waals surface area (Å²) in [5.41, 5.74) is 0. The quantitative estimate of drug-likeness (QED) is 0.605. The van der Waals surface area contributed by atoms with Crippen LogP contribution in [0.4, 0.5) is 0 Å². The van der Waals surface area contributed by atoms with Crippen LogP contribution in [0.5, 0.6) is 0 Å². The molecule has 0 aromatic carbocycles. The zero-order chi connectivity index (χ0) is 13.8. The fraction of sp³-hybridized carbons (Fsp3) is 1.00. The van der Waals surface area contributed by atoms with E-state index in [1.807, 2.05) is 27.7 Å². The number of rotatable bonds is 5. The third-order valence-electron chi connectivity index (χ3n) is 2.46. The second kappa shape index (κ2) is 29.7. The van der Waals surface area contributed by atoms with Gasteiger partial charge in [0, 0.05) is 0 Å². The Morgan fingerprint density at radius 2 is 1.12 bits per heavy atom. The second-order valence-corrected chi connectivity index (χ2v) is 3.83. The Hall–Kier alpha value is -0.0400. The smallest absolute Gasteiger partial charge is 0.00490 e. The highest BCUT2D eigenvalue weighted by molar-refractivity contribution is 4.51. The van der Waals surface area contributed by atoms with Gasteiger partial charge in [-0.05, 0) is 19.5 Å². The Bertz CT molecular complexity index is 64.0. The Kier molecular flexibility index (Phi) is 38.8. The fourth-order valence-corrected chi connectivity index (χ4v) is 1.56. The Balaban J connectivity index is -0.000000186. The summed E-state index contributed by atoms with van der Waals surface area (Å²) in [6, 6.07) is 0. The average Bonchev–Trinajstić information content (AvgIpc) is 2.99. The maximum absolute atomic E-state index is 3.28. The lowest BCUT2D eigenvalue weighted by Gasteiger charge is -1.97. The lowest BCUT2D eigenvalue weighted by molar-refractivity contribution is 0.633. The van der Waals surface area contributed by atoms with Gasteiger partial charge in [-0.2, -0.15) is 0 Å². The molecule has 1 aliphatic carbocycles. The van der Waals surface area contributed by atoms with Gasteiger partial charge in [-0.15, -0.1) is 0 Å². The summed E-state index contributed by atoms with van der Waals surface area (Å²) in [4.78, 5) is 0. The van der Waals surface area contributed by atoms with Crippen molar-refractivity contribution in [3.63, 3.8) is 0 Å². The first-order chi connectivity index (χ1) is 8.41. The first kappa shape index (κ1) is 22.2. The van der Waals surface area contributed by atoms with Crippen molar-refractivity contribution in [3.05, 3.63) is 0 Å². The van der Waals surface area contributed by atoms with E-state index in [1.54, 1.807) is 0 Å². The van der Waals surface area contributed by atoms with Gasteiger partial charge >= 0.3 is 0 Å². The molecule has 1 N–H and O–H groups in total. The average molecular weight is 245 g/mol.